The standard InChI is InChI=1S/C13H12FN3O/c1-8-4-5-9(14)11(7-8)17-13(18)12-10(15)3-2-6-16-12/h2-7H,15H2,1H3,(H,17,18). The zero-order valence-corrected chi connectivity index (χ0v) is 9.77. The molecule has 4 nitrogen and oxygen atoms in total. The summed E-state index contributed by atoms with van der Waals surface area (Å²) in [6.45, 7) is 1.81. The van der Waals surface area contributed by atoms with Crippen LogP contribution in [0.5, 0.6) is 0 Å². The van der Waals surface area contributed by atoms with Gasteiger partial charge in [-0.05, 0) is 36.8 Å². The van der Waals surface area contributed by atoms with Crippen LogP contribution in [-0.2, 0) is 0 Å². The molecule has 0 aliphatic rings. The molecular weight excluding hydrogens is 233 g/mol. The number of nitrogens with two attached hydrogens (primary N) is 1. The topological polar surface area (TPSA) is 68.0 Å². The first-order valence-corrected chi connectivity index (χ1v) is 5.36. The maximum atomic E-state index is 13.5. The third-order valence-corrected chi connectivity index (χ3v) is 2.42. The fraction of sp³-hybridized carbons (Fsp3) is 0.0769. The molecule has 0 radical (unpaired) electrons. The first kappa shape index (κ1) is 12.0. The van der Waals surface area contributed by atoms with Gasteiger partial charge in [0.1, 0.15) is 5.82 Å². The minimum absolute atomic E-state index is 0.0819. The number of amides is 1. The number of aromatic nitrogens is 1. The lowest BCUT2D eigenvalue weighted by Gasteiger charge is -2.08. The average molecular weight is 245 g/mol. The second kappa shape index (κ2) is 4.83. The molecule has 0 saturated carbocycles. The molecule has 18 heavy (non-hydrogen) atoms. The first-order chi connectivity index (χ1) is 8.58. The van der Waals surface area contributed by atoms with Crippen LogP contribution in [0.25, 0.3) is 0 Å². The number of carbonyl (C=O) groups excluding carboxylic acids is 1. The van der Waals surface area contributed by atoms with Crippen molar-refractivity contribution in [2.75, 3.05) is 11.1 Å². The quantitative estimate of drug-likeness (QED) is 0.853. The van der Waals surface area contributed by atoms with E-state index in [4.69, 9.17) is 5.73 Å². The molecule has 1 amide bonds. The van der Waals surface area contributed by atoms with Crippen molar-refractivity contribution in [3.05, 3.63) is 53.6 Å². The van der Waals surface area contributed by atoms with Crippen LogP contribution in [0.2, 0.25) is 0 Å². The van der Waals surface area contributed by atoms with Crippen molar-refractivity contribution < 1.29 is 9.18 Å². The zero-order chi connectivity index (χ0) is 13.1. The summed E-state index contributed by atoms with van der Waals surface area (Å²) in [6.07, 6.45) is 1.46. The number of aryl methyl sites for hydroxylation is 1. The molecule has 0 aliphatic heterocycles. The number of nitrogens with one attached hydrogen (secondary N) is 1. The Kier molecular flexibility index (Phi) is 3.23. The van der Waals surface area contributed by atoms with Gasteiger partial charge in [-0.15, -0.1) is 0 Å². The highest BCUT2D eigenvalue weighted by Gasteiger charge is 2.13. The molecule has 2 aromatic rings. The number of nitrogen functional groups attached to an aromatic ring is 1. The van der Waals surface area contributed by atoms with Gasteiger partial charge in [0.05, 0.1) is 11.4 Å². The Hall–Kier alpha value is -2.43. The maximum Gasteiger partial charge on any atom is 0.276 e. The Bertz CT molecular complexity index is 599. The van der Waals surface area contributed by atoms with Crippen LogP contribution in [0.4, 0.5) is 15.8 Å². The van der Waals surface area contributed by atoms with E-state index in [9.17, 15) is 9.18 Å². The summed E-state index contributed by atoms with van der Waals surface area (Å²) < 4.78 is 13.5. The number of nitrogens with zero attached hydrogens (tertiary/aromatic N) is 1. The second-order valence-electron chi connectivity index (χ2n) is 3.88. The van der Waals surface area contributed by atoms with Crippen LogP contribution in [0, 0.1) is 12.7 Å². The van der Waals surface area contributed by atoms with Crippen molar-refractivity contribution in [3.63, 3.8) is 0 Å². The maximum absolute atomic E-state index is 13.5. The Morgan fingerprint density at radius 3 is 2.89 bits per heavy atom. The molecule has 3 N–H and O–H groups in total. The van der Waals surface area contributed by atoms with Crippen molar-refractivity contribution >= 4 is 17.3 Å². The lowest BCUT2D eigenvalue weighted by molar-refractivity contribution is 0.102. The van der Waals surface area contributed by atoms with E-state index in [2.05, 4.69) is 10.3 Å². The molecule has 0 saturated heterocycles. The average Bonchev–Trinajstić information content (AvgIpc) is 2.34. The SMILES string of the molecule is Cc1ccc(F)c(NC(=O)c2ncccc2N)c1. The summed E-state index contributed by atoms with van der Waals surface area (Å²) in [5.41, 5.74) is 6.92. The third-order valence-electron chi connectivity index (χ3n) is 2.42. The van der Waals surface area contributed by atoms with Gasteiger partial charge in [0, 0.05) is 6.20 Å². The molecule has 1 aromatic heterocycles. The number of rotatable bonds is 2. The molecule has 0 fully saturated rings. The predicted octanol–water partition coefficient (Wildman–Crippen LogP) is 2.36. The molecule has 0 spiro atoms. The summed E-state index contributed by atoms with van der Waals surface area (Å²) in [5, 5.41) is 2.45. The Morgan fingerprint density at radius 2 is 2.17 bits per heavy atom. The molecule has 1 heterocycles. The largest absolute Gasteiger partial charge is 0.397 e. The number of benzene rings is 1. The smallest absolute Gasteiger partial charge is 0.276 e. The molecular formula is C13H12FN3O. The van der Waals surface area contributed by atoms with Crippen LogP contribution in [-0.4, -0.2) is 10.9 Å². The monoisotopic (exact) mass is 245 g/mol. The summed E-state index contributed by atoms with van der Waals surface area (Å²) >= 11 is 0. The van der Waals surface area contributed by atoms with Gasteiger partial charge < -0.3 is 11.1 Å². The van der Waals surface area contributed by atoms with Gasteiger partial charge in [0.2, 0.25) is 0 Å². The van der Waals surface area contributed by atoms with Crippen molar-refractivity contribution in [3.8, 4) is 0 Å². The lowest BCUT2D eigenvalue weighted by atomic mass is 10.2. The Morgan fingerprint density at radius 1 is 1.39 bits per heavy atom. The fourth-order valence-corrected chi connectivity index (χ4v) is 1.52. The Labute approximate surface area is 104 Å². The van der Waals surface area contributed by atoms with E-state index in [0.29, 0.717) is 0 Å². The van der Waals surface area contributed by atoms with Gasteiger partial charge in [0.25, 0.3) is 5.91 Å². The van der Waals surface area contributed by atoms with Gasteiger partial charge in [-0.2, -0.15) is 0 Å². The normalized spacial score (nSPS) is 10.1. The molecule has 1 aromatic carbocycles. The number of hydrogen-bond acceptors (Lipinski definition) is 3. The van der Waals surface area contributed by atoms with Crippen molar-refractivity contribution in [1.29, 1.82) is 0 Å². The highest BCUT2D eigenvalue weighted by molar-refractivity contribution is 6.06. The molecule has 0 bridgehead atoms. The van der Waals surface area contributed by atoms with Gasteiger partial charge in [0.15, 0.2) is 5.69 Å². The van der Waals surface area contributed by atoms with E-state index in [1.165, 1.54) is 12.3 Å². The second-order valence-corrected chi connectivity index (χ2v) is 3.88. The molecule has 0 aliphatic carbocycles. The minimum Gasteiger partial charge on any atom is -0.397 e. The summed E-state index contributed by atoms with van der Waals surface area (Å²) in [6, 6.07) is 7.66. The Balaban J connectivity index is 2.27. The van der Waals surface area contributed by atoms with Gasteiger partial charge in [-0.1, -0.05) is 6.07 Å². The summed E-state index contributed by atoms with van der Waals surface area (Å²) in [5.74, 6) is -1.03. The van der Waals surface area contributed by atoms with Crippen LogP contribution in [0.15, 0.2) is 36.5 Å². The van der Waals surface area contributed by atoms with Crippen molar-refractivity contribution in [2.24, 2.45) is 0 Å². The van der Waals surface area contributed by atoms with Crippen LogP contribution < -0.4 is 11.1 Å². The number of carbonyl (C=O) groups is 1. The van der Waals surface area contributed by atoms with E-state index in [1.54, 1.807) is 24.3 Å². The third kappa shape index (κ3) is 2.45. The molecule has 92 valence electrons. The van der Waals surface area contributed by atoms with Gasteiger partial charge >= 0.3 is 0 Å². The molecule has 5 heteroatoms. The first-order valence-electron chi connectivity index (χ1n) is 5.36. The van der Waals surface area contributed by atoms with Crippen LogP contribution in [0.1, 0.15) is 16.1 Å². The van der Waals surface area contributed by atoms with Gasteiger partial charge in [-0.3, -0.25) is 4.79 Å². The number of hydrogen-bond donors (Lipinski definition) is 2. The zero-order valence-electron chi connectivity index (χ0n) is 9.77. The van der Waals surface area contributed by atoms with Crippen LogP contribution in [0.3, 0.4) is 0 Å². The van der Waals surface area contributed by atoms with E-state index >= 15 is 0 Å². The molecule has 0 atom stereocenters. The highest BCUT2D eigenvalue weighted by atomic mass is 19.1. The highest BCUT2D eigenvalue weighted by Crippen LogP contribution is 2.17. The number of halogens is 1. The molecule has 2 rings (SSSR count). The van der Waals surface area contributed by atoms with Crippen molar-refractivity contribution in [1.82, 2.24) is 4.98 Å². The summed E-state index contributed by atoms with van der Waals surface area (Å²) in [4.78, 5) is 15.7. The lowest BCUT2D eigenvalue weighted by Crippen LogP contribution is -2.16. The van der Waals surface area contributed by atoms with E-state index in [1.807, 2.05) is 6.92 Å². The minimum atomic E-state index is -0.530. The summed E-state index contributed by atoms with van der Waals surface area (Å²) in [7, 11) is 0. The number of pyridine rings is 1. The number of anilines is 2. The van der Waals surface area contributed by atoms with E-state index in [-0.39, 0.29) is 17.1 Å². The van der Waals surface area contributed by atoms with E-state index < -0.39 is 11.7 Å². The molecule has 0 unspecified atom stereocenters. The predicted molar refractivity (Wildman–Crippen MR) is 67.7 cm³/mol. The van der Waals surface area contributed by atoms with E-state index in [0.717, 1.165) is 5.56 Å². The van der Waals surface area contributed by atoms with Gasteiger partial charge in [-0.25, -0.2) is 9.37 Å². The van der Waals surface area contributed by atoms with Crippen LogP contribution >= 0.6 is 0 Å². The van der Waals surface area contributed by atoms with Crippen molar-refractivity contribution in [2.45, 2.75) is 6.92 Å². The fourth-order valence-electron chi connectivity index (χ4n) is 1.52.